The lowest BCUT2D eigenvalue weighted by atomic mass is 9.85. The van der Waals surface area contributed by atoms with Crippen LogP contribution < -0.4 is 5.32 Å². The third-order valence-electron chi connectivity index (χ3n) is 6.34. The molecule has 4 rings (SSSR count). The molecule has 1 aromatic carbocycles. The number of carbonyl (C=O) groups is 4. The molecule has 2 bridgehead atoms. The molecule has 2 fully saturated rings. The molecule has 3 amide bonds. The molecule has 1 heterocycles. The van der Waals surface area contributed by atoms with Crippen molar-refractivity contribution in [1.29, 1.82) is 0 Å². The van der Waals surface area contributed by atoms with E-state index in [-0.39, 0.29) is 35.0 Å². The van der Waals surface area contributed by atoms with Crippen molar-refractivity contribution >= 4 is 35.1 Å². The first-order chi connectivity index (χ1) is 15.2. The van der Waals surface area contributed by atoms with Crippen LogP contribution in [0.5, 0.6) is 0 Å². The fraction of sp³-hybridized carbons (Fsp3) is 0.455. The number of likely N-dealkylation sites (tertiary alicyclic amines) is 1. The van der Waals surface area contributed by atoms with Gasteiger partial charge in [0.05, 0.1) is 16.8 Å². The van der Waals surface area contributed by atoms with Crippen molar-refractivity contribution in [2.75, 3.05) is 11.9 Å². The van der Waals surface area contributed by atoms with Crippen LogP contribution in [0.25, 0.3) is 0 Å². The van der Waals surface area contributed by atoms with E-state index in [2.05, 4.69) is 5.32 Å². The summed E-state index contributed by atoms with van der Waals surface area (Å²) >= 11 is 0. The van der Waals surface area contributed by atoms with E-state index in [4.69, 9.17) is 4.74 Å². The molecule has 1 saturated carbocycles. The molecule has 10 nitrogen and oxygen atoms in total. The van der Waals surface area contributed by atoms with Gasteiger partial charge >= 0.3 is 5.97 Å². The molecule has 1 aliphatic heterocycles. The van der Waals surface area contributed by atoms with E-state index in [9.17, 15) is 29.3 Å². The number of hydrogen-bond acceptors (Lipinski definition) is 7. The van der Waals surface area contributed by atoms with Crippen molar-refractivity contribution in [3.63, 3.8) is 0 Å². The minimum absolute atomic E-state index is 0.0241. The van der Waals surface area contributed by atoms with Crippen molar-refractivity contribution in [1.82, 2.24) is 4.90 Å². The molecule has 10 heteroatoms. The number of nitrogens with one attached hydrogen (secondary N) is 1. The van der Waals surface area contributed by atoms with Gasteiger partial charge in [0, 0.05) is 17.8 Å². The number of esters is 1. The highest BCUT2D eigenvalue weighted by Crippen LogP contribution is 2.53. The first kappa shape index (κ1) is 21.7. The maximum atomic E-state index is 13.0. The number of allylic oxidation sites excluding steroid dienone is 2. The standard InChI is InChI=1S/C22H23N3O7/c1-11(2)19(24-20(27)17-12-6-7-13(8-12)18(17)21(24)28)22(29)32-10-16(26)23-14-4-3-5-15(9-14)25(30)31/h3-7,9,11-13,17-19H,8,10H2,1-2H3,(H,23,26)/t12-,13-,17-,18-,19+/m0/s1. The van der Waals surface area contributed by atoms with E-state index in [1.165, 1.54) is 24.3 Å². The first-order valence-corrected chi connectivity index (χ1v) is 10.4. The summed E-state index contributed by atoms with van der Waals surface area (Å²) in [6.07, 6.45) is 4.73. The number of rotatable bonds is 7. The van der Waals surface area contributed by atoms with Gasteiger partial charge < -0.3 is 10.1 Å². The van der Waals surface area contributed by atoms with Gasteiger partial charge in [-0.1, -0.05) is 32.1 Å². The predicted molar refractivity (Wildman–Crippen MR) is 111 cm³/mol. The molecule has 0 aromatic heterocycles. The molecule has 32 heavy (non-hydrogen) atoms. The number of anilines is 1. The van der Waals surface area contributed by atoms with Gasteiger partial charge in [0.15, 0.2) is 6.61 Å². The summed E-state index contributed by atoms with van der Waals surface area (Å²) in [6, 6.07) is 4.22. The number of nitrogens with zero attached hydrogens (tertiary/aromatic N) is 2. The van der Waals surface area contributed by atoms with Crippen LogP contribution >= 0.6 is 0 Å². The number of carbonyl (C=O) groups excluding carboxylic acids is 4. The highest BCUT2D eigenvalue weighted by Gasteiger charge is 2.61. The summed E-state index contributed by atoms with van der Waals surface area (Å²) < 4.78 is 5.13. The van der Waals surface area contributed by atoms with Gasteiger partial charge in [0.2, 0.25) is 11.8 Å². The second kappa shape index (κ2) is 8.18. The van der Waals surface area contributed by atoms with Crippen molar-refractivity contribution in [3.05, 3.63) is 46.5 Å². The van der Waals surface area contributed by atoms with Crippen molar-refractivity contribution < 1.29 is 28.8 Å². The van der Waals surface area contributed by atoms with E-state index in [0.717, 1.165) is 11.3 Å². The second-order valence-corrected chi connectivity index (χ2v) is 8.70. The molecule has 5 atom stereocenters. The topological polar surface area (TPSA) is 136 Å². The summed E-state index contributed by atoms with van der Waals surface area (Å²) in [7, 11) is 0. The zero-order valence-electron chi connectivity index (χ0n) is 17.6. The van der Waals surface area contributed by atoms with Crippen LogP contribution in [-0.4, -0.2) is 46.2 Å². The summed E-state index contributed by atoms with van der Waals surface area (Å²) in [5, 5.41) is 13.3. The van der Waals surface area contributed by atoms with Crippen LogP contribution in [-0.2, 0) is 23.9 Å². The lowest BCUT2D eigenvalue weighted by Gasteiger charge is -2.28. The summed E-state index contributed by atoms with van der Waals surface area (Å²) in [5.41, 5.74) is -0.0129. The van der Waals surface area contributed by atoms with Crippen LogP contribution in [0.1, 0.15) is 20.3 Å². The summed E-state index contributed by atoms with van der Waals surface area (Å²) in [5.74, 6) is -3.45. The van der Waals surface area contributed by atoms with Crippen molar-refractivity contribution in [3.8, 4) is 0 Å². The molecule has 3 aliphatic rings. The molecule has 168 valence electrons. The van der Waals surface area contributed by atoms with Crippen molar-refractivity contribution in [2.24, 2.45) is 29.6 Å². The Morgan fingerprint density at radius 2 is 1.81 bits per heavy atom. The van der Waals surface area contributed by atoms with Gasteiger partial charge in [-0.3, -0.25) is 29.4 Å². The fourth-order valence-corrected chi connectivity index (χ4v) is 4.99. The monoisotopic (exact) mass is 441 g/mol. The molecule has 2 aliphatic carbocycles. The Morgan fingerprint density at radius 1 is 1.19 bits per heavy atom. The average Bonchev–Trinajstić information content (AvgIpc) is 3.42. The number of nitro benzene ring substituents is 1. The Kier molecular flexibility index (Phi) is 5.53. The number of non-ortho nitro benzene ring substituents is 1. The van der Waals surface area contributed by atoms with Gasteiger partial charge in [-0.2, -0.15) is 0 Å². The SMILES string of the molecule is CC(C)[C@H](C(=O)OCC(=O)Nc1cccc([N+](=O)[O-])c1)N1C(=O)[C@@H]2[C@@H](C1=O)[C@H]1C=C[C@H]2C1. The quantitative estimate of drug-likeness (QED) is 0.224. The average molecular weight is 441 g/mol. The van der Waals surface area contributed by atoms with Gasteiger partial charge in [-0.15, -0.1) is 0 Å². The van der Waals surface area contributed by atoms with E-state index < -0.39 is 47.2 Å². The highest BCUT2D eigenvalue weighted by molar-refractivity contribution is 6.09. The zero-order chi connectivity index (χ0) is 23.2. The molecule has 0 radical (unpaired) electrons. The van der Waals surface area contributed by atoms with Gasteiger partial charge in [0.25, 0.3) is 11.6 Å². The third kappa shape index (κ3) is 3.65. The Bertz CT molecular complexity index is 1000. The van der Waals surface area contributed by atoms with E-state index in [1.807, 2.05) is 12.2 Å². The smallest absolute Gasteiger partial charge is 0.330 e. The Morgan fingerprint density at radius 3 is 2.38 bits per heavy atom. The first-order valence-electron chi connectivity index (χ1n) is 10.4. The van der Waals surface area contributed by atoms with Gasteiger partial charge in [-0.25, -0.2) is 4.79 Å². The number of nitro groups is 1. The molecule has 1 saturated heterocycles. The maximum Gasteiger partial charge on any atom is 0.330 e. The lowest BCUT2D eigenvalue weighted by molar-refractivity contribution is -0.384. The molecular weight excluding hydrogens is 418 g/mol. The molecular formula is C22H23N3O7. The Balaban J connectivity index is 1.41. The summed E-state index contributed by atoms with van der Waals surface area (Å²) in [4.78, 5) is 62.3. The third-order valence-corrected chi connectivity index (χ3v) is 6.34. The fourth-order valence-electron chi connectivity index (χ4n) is 4.99. The Labute approximate surface area is 183 Å². The number of amides is 3. The summed E-state index contributed by atoms with van der Waals surface area (Å²) in [6.45, 7) is 2.76. The molecule has 1 aromatic rings. The largest absolute Gasteiger partial charge is 0.454 e. The maximum absolute atomic E-state index is 13.0. The molecule has 1 N–H and O–H groups in total. The number of ether oxygens (including phenoxy) is 1. The highest BCUT2D eigenvalue weighted by atomic mass is 16.6. The predicted octanol–water partition coefficient (Wildman–Crippen LogP) is 1.91. The number of hydrogen-bond donors (Lipinski definition) is 1. The Hall–Kier alpha value is -3.56. The number of imide groups is 1. The van der Waals surface area contributed by atoms with Crippen LogP contribution in [0.15, 0.2) is 36.4 Å². The molecule has 0 unspecified atom stereocenters. The van der Waals surface area contributed by atoms with Crippen molar-refractivity contribution in [2.45, 2.75) is 26.3 Å². The lowest BCUT2D eigenvalue weighted by Crippen LogP contribution is -2.50. The normalized spacial score (nSPS) is 26.4. The zero-order valence-corrected chi connectivity index (χ0v) is 17.6. The molecule has 0 spiro atoms. The van der Waals surface area contributed by atoms with Crippen LogP contribution in [0.3, 0.4) is 0 Å². The minimum Gasteiger partial charge on any atom is -0.454 e. The van der Waals surface area contributed by atoms with Gasteiger partial charge in [0.1, 0.15) is 6.04 Å². The van der Waals surface area contributed by atoms with Crippen LogP contribution in [0.2, 0.25) is 0 Å². The van der Waals surface area contributed by atoms with Gasteiger partial charge in [-0.05, 0) is 30.2 Å². The van der Waals surface area contributed by atoms with E-state index in [1.54, 1.807) is 13.8 Å². The number of benzene rings is 1. The van der Waals surface area contributed by atoms with Crippen LogP contribution in [0.4, 0.5) is 11.4 Å². The van der Waals surface area contributed by atoms with E-state index >= 15 is 0 Å². The second-order valence-electron chi connectivity index (χ2n) is 8.70. The number of fused-ring (bicyclic) bond motifs is 5. The van der Waals surface area contributed by atoms with E-state index in [0.29, 0.717) is 0 Å². The minimum atomic E-state index is -1.12. The van der Waals surface area contributed by atoms with Crippen LogP contribution in [0, 0.1) is 39.7 Å².